The monoisotopic (exact) mass is 608 g/mol. The van der Waals surface area contributed by atoms with Crippen LogP contribution >= 0.6 is 0 Å². The molecule has 0 aliphatic carbocycles. The number of amides is 2. The fourth-order valence-electron chi connectivity index (χ4n) is 4.96. The first-order valence-electron chi connectivity index (χ1n) is 14.5. The minimum absolute atomic E-state index is 0.0302. The van der Waals surface area contributed by atoms with Gasteiger partial charge < -0.3 is 24.6 Å². The normalized spacial score (nSPS) is 13.2. The molecule has 2 aromatic carbocycles. The van der Waals surface area contributed by atoms with Crippen LogP contribution < -0.4 is 0 Å². The van der Waals surface area contributed by atoms with Crippen LogP contribution in [0.15, 0.2) is 60.7 Å². The molecule has 2 unspecified atom stereocenters. The number of carboxylic acids is 1. The number of benzene rings is 2. The van der Waals surface area contributed by atoms with Gasteiger partial charge in [0, 0.05) is 35.8 Å². The molecule has 0 radical (unpaired) electrons. The first kappa shape index (κ1) is 34.2. The van der Waals surface area contributed by atoms with Crippen molar-refractivity contribution in [2.45, 2.75) is 78.2 Å². The molecule has 236 valence electrons. The third kappa shape index (κ3) is 8.42. The van der Waals surface area contributed by atoms with Crippen molar-refractivity contribution in [1.82, 2.24) is 9.47 Å². The number of aromatic nitrogens is 1. The first-order chi connectivity index (χ1) is 20.6. The van der Waals surface area contributed by atoms with E-state index in [4.69, 9.17) is 9.84 Å². The van der Waals surface area contributed by atoms with Crippen molar-refractivity contribution < 1.29 is 38.8 Å². The maximum Gasteiger partial charge on any atom is 0.417 e. The molecule has 0 spiro atoms. The average molecular weight is 609 g/mol. The van der Waals surface area contributed by atoms with Gasteiger partial charge in [-0.15, -0.1) is 0 Å². The van der Waals surface area contributed by atoms with Gasteiger partial charge in [0.1, 0.15) is 17.1 Å². The summed E-state index contributed by atoms with van der Waals surface area (Å²) in [5.41, 5.74) is 2.14. The molecule has 10 heteroatoms. The lowest BCUT2D eigenvalue weighted by Crippen LogP contribution is -2.41. The van der Waals surface area contributed by atoms with Crippen LogP contribution in [0, 0.1) is 5.82 Å². The number of aliphatic hydroxyl groups is 2. The number of carboxylic acid groups (broad SMARTS) is 1. The zero-order chi connectivity index (χ0) is 32.8. The van der Waals surface area contributed by atoms with Gasteiger partial charge in [-0.05, 0) is 70.9 Å². The van der Waals surface area contributed by atoms with Crippen LogP contribution in [-0.2, 0) is 9.53 Å². The van der Waals surface area contributed by atoms with Crippen molar-refractivity contribution in [1.29, 1.82) is 0 Å². The maximum atomic E-state index is 14.4. The summed E-state index contributed by atoms with van der Waals surface area (Å²) in [4.78, 5) is 39.7. The number of ether oxygens (including phenoxy) is 1. The van der Waals surface area contributed by atoms with E-state index < -0.39 is 48.0 Å². The van der Waals surface area contributed by atoms with E-state index in [1.165, 1.54) is 18.2 Å². The third-order valence-corrected chi connectivity index (χ3v) is 6.73. The van der Waals surface area contributed by atoms with Crippen molar-refractivity contribution in [2.75, 3.05) is 6.54 Å². The number of rotatable bonds is 11. The van der Waals surface area contributed by atoms with Crippen molar-refractivity contribution >= 4 is 24.0 Å². The van der Waals surface area contributed by atoms with Crippen molar-refractivity contribution in [2.24, 2.45) is 0 Å². The minimum atomic E-state index is -1.27. The topological polar surface area (TPSA) is 129 Å². The summed E-state index contributed by atoms with van der Waals surface area (Å²) in [6.07, 6.45) is -1.02. The molecular weight excluding hydrogens is 567 g/mol. The Morgan fingerprint density at radius 2 is 1.57 bits per heavy atom. The minimum Gasteiger partial charge on any atom is -0.481 e. The number of halogens is 1. The summed E-state index contributed by atoms with van der Waals surface area (Å²) >= 11 is 0. The van der Waals surface area contributed by atoms with Crippen LogP contribution in [0.25, 0.3) is 28.3 Å². The average Bonchev–Trinajstić information content (AvgIpc) is 3.27. The highest BCUT2D eigenvalue weighted by atomic mass is 19.1. The molecule has 2 amide bonds. The summed E-state index contributed by atoms with van der Waals surface area (Å²) in [6.45, 7) is 10.6. The lowest BCUT2D eigenvalue weighted by atomic mass is 9.94. The molecule has 0 saturated carbocycles. The second-order valence-corrected chi connectivity index (χ2v) is 11.8. The van der Waals surface area contributed by atoms with E-state index in [1.807, 2.05) is 44.2 Å². The standard InChI is InChI=1S/C34H41FN2O7/c1-7-36(33(43)44-34(4,5)6)32(42)31-30(22-11-9-8-10-12-22)29(23-13-15-24(35)16-14-23)27(37(31)21(2)3)18-17-25(38)19-26(39)20-28(40)41/h8-18,21,25-26,38-39H,7,19-20H2,1-6H3,(H,40,41). The molecule has 0 saturated heterocycles. The Labute approximate surface area is 257 Å². The zero-order valence-electron chi connectivity index (χ0n) is 26.0. The summed E-state index contributed by atoms with van der Waals surface area (Å²) < 4.78 is 21.4. The van der Waals surface area contributed by atoms with Gasteiger partial charge in [-0.3, -0.25) is 9.59 Å². The molecule has 0 bridgehead atoms. The van der Waals surface area contributed by atoms with Gasteiger partial charge in [0.05, 0.1) is 18.6 Å². The number of hydrogen-bond acceptors (Lipinski definition) is 6. The van der Waals surface area contributed by atoms with Crippen molar-refractivity contribution in [3.8, 4) is 22.3 Å². The zero-order valence-corrected chi connectivity index (χ0v) is 26.0. The van der Waals surface area contributed by atoms with E-state index in [2.05, 4.69) is 0 Å². The molecule has 0 aliphatic heterocycles. The van der Waals surface area contributed by atoms with Gasteiger partial charge in [0.2, 0.25) is 0 Å². The molecule has 2 atom stereocenters. The number of hydrogen-bond donors (Lipinski definition) is 3. The van der Waals surface area contributed by atoms with Crippen LogP contribution in [0.4, 0.5) is 9.18 Å². The Bertz CT molecular complexity index is 1490. The summed E-state index contributed by atoms with van der Waals surface area (Å²) in [6, 6.07) is 14.6. The third-order valence-electron chi connectivity index (χ3n) is 6.73. The van der Waals surface area contributed by atoms with Gasteiger partial charge in [-0.1, -0.05) is 48.5 Å². The highest BCUT2D eigenvalue weighted by Crippen LogP contribution is 2.43. The Kier molecular flexibility index (Phi) is 11.2. The number of carbonyl (C=O) groups is 3. The molecule has 1 heterocycles. The fourth-order valence-corrected chi connectivity index (χ4v) is 4.96. The second kappa shape index (κ2) is 14.5. The molecule has 3 rings (SSSR count). The lowest BCUT2D eigenvalue weighted by molar-refractivity contribution is -0.139. The van der Waals surface area contributed by atoms with E-state index in [0.717, 1.165) is 4.90 Å². The molecular formula is C34H41FN2O7. The SMILES string of the molecule is CCN(C(=O)OC(C)(C)C)C(=O)c1c(-c2ccccc2)c(-c2ccc(F)cc2)c(C=CC(O)CC(O)CC(=O)O)n1C(C)C. The number of carbonyl (C=O) groups excluding carboxylic acids is 2. The largest absolute Gasteiger partial charge is 0.481 e. The Hall–Kier alpha value is -4.28. The van der Waals surface area contributed by atoms with Crippen LogP contribution in [0.5, 0.6) is 0 Å². The lowest BCUT2D eigenvalue weighted by Gasteiger charge is -2.26. The number of imide groups is 1. The van der Waals surface area contributed by atoms with Crippen molar-refractivity contribution in [3.05, 3.63) is 77.9 Å². The molecule has 9 nitrogen and oxygen atoms in total. The van der Waals surface area contributed by atoms with E-state index >= 15 is 0 Å². The molecule has 3 aromatic rings. The smallest absolute Gasteiger partial charge is 0.417 e. The highest BCUT2D eigenvalue weighted by Gasteiger charge is 2.35. The van der Waals surface area contributed by atoms with Gasteiger partial charge in [0.15, 0.2) is 0 Å². The van der Waals surface area contributed by atoms with E-state index in [0.29, 0.717) is 27.9 Å². The number of aliphatic carboxylic acids is 1. The predicted molar refractivity (Wildman–Crippen MR) is 167 cm³/mol. The predicted octanol–water partition coefficient (Wildman–Crippen LogP) is 6.54. The molecule has 0 fully saturated rings. The van der Waals surface area contributed by atoms with Gasteiger partial charge in [-0.25, -0.2) is 14.1 Å². The summed E-state index contributed by atoms with van der Waals surface area (Å²) in [7, 11) is 0. The van der Waals surface area contributed by atoms with Gasteiger partial charge in [-0.2, -0.15) is 0 Å². The summed E-state index contributed by atoms with van der Waals surface area (Å²) in [5.74, 6) is -2.24. The van der Waals surface area contributed by atoms with Crippen LogP contribution in [0.1, 0.15) is 76.6 Å². The number of nitrogens with zero attached hydrogens (tertiary/aromatic N) is 2. The van der Waals surface area contributed by atoms with E-state index in [1.54, 1.807) is 50.5 Å². The molecule has 3 N–H and O–H groups in total. The van der Waals surface area contributed by atoms with Crippen LogP contribution in [-0.4, -0.2) is 67.1 Å². The van der Waals surface area contributed by atoms with Crippen LogP contribution in [0.3, 0.4) is 0 Å². The highest BCUT2D eigenvalue weighted by molar-refractivity contribution is 6.10. The molecule has 44 heavy (non-hydrogen) atoms. The van der Waals surface area contributed by atoms with E-state index in [9.17, 15) is 29.0 Å². The van der Waals surface area contributed by atoms with E-state index in [-0.39, 0.29) is 24.7 Å². The Morgan fingerprint density at radius 3 is 2.09 bits per heavy atom. The fraction of sp³-hybridized carbons (Fsp3) is 0.382. The molecule has 1 aromatic heterocycles. The van der Waals surface area contributed by atoms with Crippen molar-refractivity contribution in [3.63, 3.8) is 0 Å². The van der Waals surface area contributed by atoms with Crippen LogP contribution in [0.2, 0.25) is 0 Å². The maximum absolute atomic E-state index is 14.4. The quantitative estimate of drug-likeness (QED) is 0.225. The van der Waals surface area contributed by atoms with Gasteiger partial charge in [0.25, 0.3) is 5.91 Å². The first-order valence-corrected chi connectivity index (χ1v) is 14.5. The summed E-state index contributed by atoms with van der Waals surface area (Å²) in [5, 5.41) is 29.8. The van der Waals surface area contributed by atoms with Gasteiger partial charge >= 0.3 is 12.1 Å². The Morgan fingerprint density at radius 1 is 0.977 bits per heavy atom. The number of aliphatic hydroxyl groups excluding tert-OH is 2. The molecule has 0 aliphatic rings. The second-order valence-electron chi connectivity index (χ2n) is 11.8. The Balaban J connectivity index is 2.37.